The van der Waals surface area contributed by atoms with Gasteiger partial charge in [0.25, 0.3) is 0 Å². The summed E-state index contributed by atoms with van der Waals surface area (Å²) in [7, 11) is 6.54. The highest BCUT2D eigenvalue weighted by Gasteiger charge is 2.29. The van der Waals surface area contributed by atoms with Crippen LogP contribution in [0.5, 0.6) is 17.2 Å². The van der Waals surface area contributed by atoms with Crippen molar-refractivity contribution in [2.45, 2.75) is 12.2 Å². The van der Waals surface area contributed by atoms with Gasteiger partial charge in [-0.15, -0.1) is 0 Å². The van der Waals surface area contributed by atoms with Gasteiger partial charge in [-0.25, -0.2) is 0 Å². The van der Waals surface area contributed by atoms with Crippen LogP contribution in [-0.2, 0) is 9.47 Å². The molecule has 2 atom stereocenters. The minimum atomic E-state index is -0.209. The maximum absolute atomic E-state index is 6.68. The zero-order valence-electron chi connectivity index (χ0n) is 21.0. The third kappa shape index (κ3) is 4.96. The van der Waals surface area contributed by atoms with Crippen LogP contribution in [0.25, 0.3) is 10.9 Å². The van der Waals surface area contributed by atoms with E-state index < -0.39 is 0 Å². The van der Waals surface area contributed by atoms with Crippen LogP contribution in [0.2, 0.25) is 5.02 Å². The predicted molar refractivity (Wildman–Crippen MR) is 144 cm³/mol. The molecule has 37 heavy (non-hydrogen) atoms. The van der Waals surface area contributed by atoms with Crippen LogP contribution in [0.1, 0.15) is 0 Å². The summed E-state index contributed by atoms with van der Waals surface area (Å²) in [5.74, 6) is 2.60. The van der Waals surface area contributed by atoms with Crippen molar-refractivity contribution in [3.05, 3.63) is 82.9 Å². The van der Waals surface area contributed by atoms with E-state index in [1.165, 1.54) is 0 Å². The fourth-order valence-corrected chi connectivity index (χ4v) is 4.66. The van der Waals surface area contributed by atoms with Gasteiger partial charge in [0.15, 0.2) is 11.5 Å². The Morgan fingerprint density at radius 3 is 2.41 bits per heavy atom. The van der Waals surface area contributed by atoms with Crippen LogP contribution in [0.3, 0.4) is 0 Å². The van der Waals surface area contributed by atoms with Crippen molar-refractivity contribution in [3.63, 3.8) is 0 Å². The van der Waals surface area contributed by atoms with Gasteiger partial charge in [-0.1, -0.05) is 11.6 Å². The lowest BCUT2D eigenvalue weighted by molar-refractivity contribution is 0.0125. The Hall–Kier alpha value is -3.72. The van der Waals surface area contributed by atoms with Crippen LogP contribution in [-0.4, -0.2) is 52.2 Å². The van der Waals surface area contributed by atoms with Crippen LogP contribution in [0.15, 0.2) is 77.9 Å². The van der Waals surface area contributed by atoms with E-state index in [1.807, 2.05) is 48.6 Å². The average molecular weight is 522 g/mol. The lowest BCUT2D eigenvalue weighted by atomic mass is 9.95. The number of nitrogens with one attached hydrogen (secondary N) is 2. The molecule has 2 aromatic carbocycles. The Bertz CT molecular complexity index is 1420. The van der Waals surface area contributed by atoms with Crippen molar-refractivity contribution in [3.8, 4) is 17.2 Å². The summed E-state index contributed by atoms with van der Waals surface area (Å²) < 4.78 is 28.3. The molecule has 0 fully saturated rings. The van der Waals surface area contributed by atoms with Crippen molar-refractivity contribution in [1.82, 2.24) is 10.3 Å². The van der Waals surface area contributed by atoms with Crippen molar-refractivity contribution < 1.29 is 23.7 Å². The monoisotopic (exact) mass is 521 g/mol. The van der Waals surface area contributed by atoms with Gasteiger partial charge in [0.1, 0.15) is 23.7 Å². The molecule has 5 rings (SSSR count). The fourth-order valence-electron chi connectivity index (χ4n) is 4.45. The fraction of sp³-hybridized carbons (Fsp3) is 0.250. The Morgan fingerprint density at radius 2 is 1.68 bits per heavy atom. The van der Waals surface area contributed by atoms with E-state index in [0.717, 1.165) is 39.3 Å². The van der Waals surface area contributed by atoms with Crippen molar-refractivity contribution in [1.29, 1.82) is 0 Å². The second kappa shape index (κ2) is 10.7. The molecule has 1 aromatic heterocycles. The van der Waals surface area contributed by atoms with E-state index in [0.29, 0.717) is 28.8 Å². The normalized spacial score (nSPS) is 18.7. The molecule has 2 N–H and O–H groups in total. The number of hydrogen-bond acceptors (Lipinski definition) is 8. The lowest BCUT2D eigenvalue weighted by Gasteiger charge is -2.31. The first kappa shape index (κ1) is 25.0. The highest BCUT2D eigenvalue weighted by Crippen LogP contribution is 2.38. The van der Waals surface area contributed by atoms with Gasteiger partial charge < -0.3 is 34.3 Å². The number of nitrogens with zero attached hydrogens (tertiary/aromatic N) is 1. The lowest BCUT2D eigenvalue weighted by Crippen LogP contribution is -2.35. The Labute approximate surface area is 220 Å². The Kier molecular flexibility index (Phi) is 7.23. The zero-order chi connectivity index (χ0) is 25.9. The van der Waals surface area contributed by atoms with Gasteiger partial charge in [0.2, 0.25) is 0 Å². The van der Waals surface area contributed by atoms with E-state index in [-0.39, 0.29) is 12.2 Å². The topological polar surface area (TPSA) is 83.1 Å². The Morgan fingerprint density at radius 1 is 0.919 bits per heavy atom. The number of hydrogen-bond donors (Lipinski definition) is 2. The van der Waals surface area contributed by atoms with Crippen LogP contribution < -0.4 is 24.8 Å². The largest absolute Gasteiger partial charge is 0.493 e. The van der Waals surface area contributed by atoms with Gasteiger partial charge in [0.05, 0.1) is 30.4 Å². The summed E-state index contributed by atoms with van der Waals surface area (Å²) in [4.78, 5) is 4.46. The molecule has 1 aliphatic carbocycles. The quantitative estimate of drug-likeness (QED) is 0.409. The Balaban J connectivity index is 1.39. The highest BCUT2D eigenvalue weighted by molar-refractivity contribution is 6.33. The standard InChI is InChI=1S/C28H28ClN3O5/c1-33-25-12-17-20(7-9-30-22(17)14-27(25)35-3)32-21-6-5-16(11-19(21)29)37-24-8-10-31-23-15-28(36-4)26(34-2)13-18(23)24/h5-9,11-15,26,28,31H,10H2,1-4H3,(H,30,32). The predicted octanol–water partition coefficient (Wildman–Crippen LogP) is 5.37. The zero-order valence-corrected chi connectivity index (χ0v) is 21.8. The molecule has 8 nitrogen and oxygen atoms in total. The number of ether oxygens (including phenoxy) is 5. The number of rotatable bonds is 8. The number of methoxy groups -OCH3 is 4. The van der Waals surface area contributed by atoms with Gasteiger partial charge in [-0.05, 0) is 42.5 Å². The first-order valence-corrected chi connectivity index (χ1v) is 12.1. The molecule has 3 aromatic rings. The van der Waals surface area contributed by atoms with Crippen LogP contribution in [0, 0.1) is 0 Å². The maximum atomic E-state index is 6.68. The first-order chi connectivity index (χ1) is 18.0. The molecule has 0 saturated heterocycles. The van der Waals surface area contributed by atoms with Gasteiger partial charge in [-0.2, -0.15) is 0 Å². The van der Waals surface area contributed by atoms with E-state index >= 15 is 0 Å². The molecule has 0 spiro atoms. The van der Waals surface area contributed by atoms with Crippen molar-refractivity contribution >= 4 is 33.9 Å². The molecule has 0 radical (unpaired) electrons. The number of anilines is 2. The summed E-state index contributed by atoms with van der Waals surface area (Å²) in [6.07, 6.45) is 7.38. The maximum Gasteiger partial charge on any atom is 0.162 e. The minimum Gasteiger partial charge on any atom is -0.493 e. The first-order valence-electron chi connectivity index (χ1n) is 11.7. The van der Waals surface area contributed by atoms with Gasteiger partial charge in [-0.3, -0.25) is 4.98 Å². The summed E-state index contributed by atoms with van der Waals surface area (Å²) >= 11 is 6.68. The average Bonchev–Trinajstić information content (AvgIpc) is 2.93. The molecule has 9 heteroatoms. The summed E-state index contributed by atoms with van der Waals surface area (Å²) in [5.41, 5.74) is 4.22. The molecular weight excluding hydrogens is 494 g/mol. The summed E-state index contributed by atoms with van der Waals surface area (Å²) in [5, 5.41) is 8.16. The number of pyridine rings is 1. The van der Waals surface area contributed by atoms with Crippen molar-refractivity contribution in [2.75, 3.05) is 40.3 Å². The molecule has 0 bridgehead atoms. The molecule has 2 heterocycles. The van der Waals surface area contributed by atoms with E-state index in [1.54, 1.807) is 40.7 Å². The number of fused-ring (bicyclic) bond motifs is 2. The summed E-state index contributed by atoms with van der Waals surface area (Å²) in [6.45, 7) is 0.642. The molecule has 2 aliphatic rings. The summed E-state index contributed by atoms with van der Waals surface area (Å²) in [6, 6.07) is 11.2. The van der Waals surface area contributed by atoms with Crippen LogP contribution >= 0.6 is 11.6 Å². The molecule has 2 unspecified atom stereocenters. The van der Waals surface area contributed by atoms with E-state index in [9.17, 15) is 0 Å². The smallest absolute Gasteiger partial charge is 0.162 e. The number of benzene rings is 2. The van der Waals surface area contributed by atoms with Crippen LogP contribution in [0.4, 0.5) is 11.4 Å². The highest BCUT2D eigenvalue weighted by atomic mass is 35.5. The van der Waals surface area contributed by atoms with E-state index in [4.69, 9.17) is 35.3 Å². The molecule has 0 saturated carbocycles. The molecule has 192 valence electrons. The molecule has 0 amide bonds. The SMILES string of the molecule is COc1cc2nccc(Nc3ccc(OC4=CCNC5=CC(OC)C(OC)C=C54)cc3Cl)c2cc1OC. The number of halogens is 1. The third-order valence-electron chi connectivity index (χ3n) is 6.35. The molecular formula is C28H28ClN3O5. The van der Waals surface area contributed by atoms with Gasteiger partial charge >= 0.3 is 0 Å². The van der Waals surface area contributed by atoms with Crippen molar-refractivity contribution in [2.24, 2.45) is 0 Å². The second-order valence-corrected chi connectivity index (χ2v) is 8.87. The van der Waals surface area contributed by atoms with Gasteiger partial charge in [0, 0.05) is 61.4 Å². The van der Waals surface area contributed by atoms with E-state index in [2.05, 4.69) is 15.6 Å². The third-order valence-corrected chi connectivity index (χ3v) is 6.66. The second-order valence-electron chi connectivity index (χ2n) is 8.46. The number of aromatic nitrogens is 1. The minimum absolute atomic E-state index is 0.166. The molecule has 1 aliphatic heterocycles.